The van der Waals surface area contributed by atoms with Crippen molar-refractivity contribution >= 4 is 50.3 Å². The largest absolute Gasteiger partial charge is 0.497 e. The van der Waals surface area contributed by atoms with Crippen molar-refractivity contribution in [3.05, 3.63) is 163 Å². The molecule has 352 valence electrons. The number of anilines is 3. The first-order valence-electron chi connectivity index (χ1n) is 21.6. The smallest absolute Gasteiger partial charge is 0.425 e. The number of methoxy groups -OCH3 is 2. The molecule has 0 bridgehead atoms. The fourth-order valence-corrected chi connectivity index (χ4v) is 9.57. The van der Waals surface area contributed by atoms with Gasteiger partial charge in [0.2, 0.25) is 11.9 Å². The van der Waals surface area contributed by atoms with E-state index in [0.29, 0.717) is 39.6 Å². The summed E-state index contributed by atoms with van der Waals surface area (Å²) >= 11 is 0. The van der Waals surface area contributed by atoms with E-state index >= 15 is 0 Å². The summed E-state index contributed by atoms with van der Waals surface area (Å²) in [7, 11) is -1.08. The first kappa shape index (κ1) is 47.3. The lowest BCUT2D eigenvalue weighted by Gasteiger charge is -2.40. The number of nitrogens with one attached hydrogen (secondary N) is 1. The minimum absolute atomic E-state index is 0.0871. The van der Waals surface area contributed by atoms with Gasteiger partial charge in [-0.2, -0.15) is 9.97 Å². The summed E-state index contributed by atoms with van der Waals surface area (Å²) in [6.45, 7) is 2.48. The molecule has 3 heterocycles. The number of para-hydroxylation sites is 2. The number of carbonyl (C=O) groups is 2. The standard InChI is InChI=1S/C50H51N7O10S/c1-32(2)44(59)54-47-53-43-40(45(55-47)66-48(60)57(36-17-11-7-12-18-36)37-19-13-8-14-20-37)52-31-56(43)46-41(68(5,61)62)42(58)49(29-51,67-46)30-65-50(33-15-9-6-10-16-33,34-21-25-38(63-3)26-22-34)35-23-27-39(64-4)28-24-35/h6-28,31-32,41-42,46,58H,29-30,51H2,1-5H3,(H,53,54,55,59)/t41-,42+,46-,49-/m1/s1. The van der Waals surface area contributed by atoms with E-state index in [2.05, 4.69) is 20.3 Å². The third-order valence-electron chi connectivity index (χ3n) is 11.9. The Labute approximate surface area is 393 Å². The van der Waals surface area contributed by atoms with Crippen molar-refractivity contribution in [3.63, 3.8) is 0 Å². The fourth-order valence-electron chi connectivity index (χ4n) is 8.25. The van der Waals surface area contributed by atoms with Crippen molar-refractivity contribution in [2.45, 2.75) is 42.6 Å². The number of imidazole rings is 1. The van der Waals surface area contributed by atoms with Crippen molar-refractivity contribution in [3.8, 4) is 17.4 Å². The van der Waals surface area contributed by atoms with Crippen LogP contribution in [0.15, 0.2) is 146 Å². The number of sulfone groups is 1. The zero-order valence-corrected chi connectivity index (χ0v) is 38.7. The zero-order chi connectivity index (χ0) is 48.2. The van der Waals surface area contributed by atoms with E-state index in [1.807, 2.05) is 54.6 Å². The van der Waals surface area contributed by atoms with Crippen molar-refractivity contribution < 1.29 is 46.8 Å². The number of hydrogen-bond acceptors (Lipinski definition) is 14. The van der Waals surface area contributed by atoms with Crippen LogP contribution in [0.3, 0.4) is 0 Å². The SMILES string of the molecule is COc1ccc(C(OC[C@@]2(CN)O[C@@H](n3cnc4c(OC(=O)N(c5ccccc5)c5ccccc5)nc(NC(=O)C(C)C)nc43)[C@H](S(C)(=O)=O)[C@@H]2O)(c2ccccc2)c2ccc(OC)cc2)cc1. The molecule has 4 N–H and O–H groups in total. The Morgan fingerprint density at radius 3 is 1.82 bits per heavy atom. The van der Waals surface area contributed by atoms with Crippen molar-refractivity contribution in [2.24, 2.45) is 11.7 Å². The topological polar surface area (TPSA) is 220 Å². The summed E-state index contributed by atoms with van der Waals surface area (Å²) in [5, 5.41) is 13.4. The first-order valence-corrected chi connectivity index (χ1v) is 23.6. The van der Waals surface area contributed by atoms with E-state index in [0.717, 1.165) is 6.26 Å². The highest BCUT2D eigenvalue weighted by atomic mass is 32.2. The van der Waals surface area contributed by atoms with Gasteiger partial charge in [0, 0.05) is 18.7 Å². The maximum Gasteiger partial charge on any atom is 0.425 e. The number of aromatic nitrogens is 4. The number of benzene rings is 5. The van der Waals surface area contributed by atoms with E-state index < -0.39 is 69.7 Å². The van der Waals surface area contributed by atoms with Gasteiger partial charge >= 0.3 is 6.09 Å². The Balaban J connectivity index is 1.24. The van der Waals surface area contributed by atoms with Crippen LogP contribution in [0.25, 0.3) is 11.2 Å². The van der Waals surface area contributed by atoms with Crippen LogP contribution < -0.4 is 30.2 Å². The number of hydrogen-bond donors (Lipinski definition) is 3. The number of rotatable bonds is 16. The second-order valence-corrected chi connectivity index (χ2v) is 18.7. The Morgan fingerprint density at radius 1 is 0.824 bits per heavy atom. The summed E-state index contributed by atoms with van der Waals surface area (Å²) in [6, 6.07) is 41.6. The van der Waals surface area contributed by atoms with Crippen LogP contribution >= 0.6 is 0 Å². The summed E-state index contributed by atoms with van der Waals surface area (Å²) in [4.78, 5) is 42.2. The number of fused-ring (bicyclic) bond motifs is 1. The zero-order valence-electron chi connectivity index (χ0n) is 37.9. The summed E-state index contributed by atoms with van der Waals surface area (Å²) in [5.41, 5.74) is 6.07. The van der Waals surface area contributed by atoms with Gasteiger partial charge in [-0.25, -0.2) is 23.1 Å². The Hall–Kier alpha value is -7.22. The third-order valence-corrected chi connectivity index (χ3v) is 13.3. The van der Waals surface area contributed by atoms with Gasteiger partial charge < -0.3 is 34.5 Å². The van der Waals surface area contributed by atoms with Crippen LogP contribution in [-0.2, 0) is 29.7 Å². The van der Waals surface area contributed by atoms with E-state index in [1.54, 1.807) is 113 Å². The molecule has 0 aliphatic carbocycles. The molecule has 7 aromatic rings. The van der Waals surface area contributed by atoms with Gasteiger partial charge in [-0.15, -0.1) is 0 Å². The maximum atomic E-state index is 14.3. The van der Waals surface area contributed by atoms with Crippen molar-refractivity contribution in [1.82, 2.24) is 19.5 Å². The predicted molar refractivity (Wildman–Crippen MR) is 255 cm³/mol. The number of nitrogens with two attached hydrogens (primary N) is 1. The maximum absolute atomic E-state index is 14.3. The molecule has 8 rings (SSSR count). The molecule has 0 radical (unpaired) electrons. The summed E-state index contributed by atoms with van der Waals surface area (Å²) in [6.07, 6.45) is -2.01. The third kappa shape index (κ3) is 9.11. The van der Waals surface area contributed by atoms with Gasteiger partial charge in [0.25, 0.3) is 5.88 Å². The summed E-state index contributed by atoms with van der Waals surface area (Å²) in [5.74, 6) is -0.403. The number of aliphatic hydroxyl groups excluding tert-OH is 1. The Kier molecular flexibility index (Phi) is 13.6. The average molecular weight is 942 g/mol. The van der Waals surface area contributed by atoms with Gasteiger partial charge in [0.1, 0.15) is 34.1 Å². The van der Waals surface area contributed by atoms with Crippen LogP contribution in [-0.4, -0.2) is 95.6 Å². The Bertz CT molecular complexity index is 2890. The molecule has 17 nitrogen and oxygen atoms in total. The Morgan fingerprint density at radius 2 is 1.34 bits per heavy atom. The molecule has 68 heavy (non-hydrogen) atoms. The van der Waals surface area contributed by atoms with E-state index in [1.165, 1.54) is 15.8 Å². The molecular formula is C50H51N7O10S. The van der Waals surface area contributed by atoms with E-state index in [9.17, 15) is 23.1 Å². The van der Waals surface area contributed by atoms with Crippen molar-refractivity contribution in [1.29, 1.82) is 0 Å². The van der Waals surface area contributed by atoms with Gasteiger partial charge in [-0.3, -0.25) is 14.7 Å². The molecule has 1 aliphatic heterocycles. The lowest BCUT2D eigenvalue weighted by Crippen LogP contribution is -2.55. The average Bonchev–Trinajstić information content (AvgIpc) is 3.91. The minimum atomic E-state index is -4.21. The van der Waals surface area contributed by atoms with Gasteiger partial charge in [-0.1, -0.05) is 105 Å². The van der Waals surface area contributed by atoms with Crippen LogP contribution in [0.2, 0.25) is 0 Å². The number of aliphatic hydroxyl groups is 1. The molecule has 2 aromatic heterocycles. The van der Waals surface area contributed by atoms with Crippen LogP contribution in [0.1, 0.15) is 36.8 Å². The number of carbonyl (C=O) groups excluding carboxylic acids is 2. The molecule has 0 saturated carbocycles. The highest BCUT2D eigenvalue weighted by Gasteiger charge is 2.60. The second-order valence-electron chi connectivity index (χ2n) is 16.5. The predicted octanol–water partition coefficient (Wildman–Crippen LogP) is 6.78. The molecule has 4 atom stereocenters. The number of ether oxygens (including phenoxy) is 5. The normalized spacial score (nSPS) is 18.3. The fraction of sp³-hybridized carbons (Fsp3) is 0.260. The molecule has 2 amide bonds. The molecule has 5 aromatic carbocycles. The lowest BCUT2D eigenvalue weighted by molar-refractivity contribution is -0.154. The molecule has 1 fully saturated rings. The lowest BCUT2D eigenvalue weighted by atomic mass is 9.79. The molecule has 1 saturated heterocycles. The minimum Gasteiger partial charge on any atom is -0.497 e. The summed E-state index contributed by atoms with van der Waals surface area (Å²) < 4.78 is 60.1. The van der Waals surface area contributed by atoms with Crippen LogP contribution in [0.4, 0.5) is 22.1 Å². The number of amides is 2. The number of nitrogens with zero attached hydrogens (tertiary/aromatic N) is 5. The van der Waals surface area contributed by atoms with Gasteiger partial charge in [0.05, 0.1) is 38.5 Å². The van der Waals surface area contributed by atoms with Crippen LogP contribution in [0.5, 0.6) is 17.4 Å². The van der Waals surface area contributed by atoms with Crippen LogP contribution in [0, 0.1) is 5.92 Å². The van der Waals surface area contributed by atoms with Crippen molar-refractivity contribution in [2.75, 3.05) is 43.8 Å². The van der Waals surface area contributed by atoms with E-state index in [4.69, 9.17) is 29.4 Å². The quantitative estimate of drug-likeness (QED) is 0.0851. The van der Waals surface area contributed by atoms with Gasteiger partial charge in [0.15, 0.2) is 27.2 Å². The highest BCUT2D eigenvalue weighted by molar-refractivity contribution is 7.91. The monoisotopic (exact) mass is 941 g/mol. The first-order chi connectivity index (χ1) is 32.7. The second kappa shape index (κ2) is 19.6. The molecule has 0 spiro atoms. The molecule has 0 unspecified atom stereocenters. The molecule has 1 aliphatic rings. The van der Waals surface area contributed by atoms with Gasteiger partial charge in [-0.05, 0) is 65.2 Å². The molecule has 18 heteroatoms. The molecular weight excluding hydrogens is 891 g/mol. The van der Waals surface area contributed by atoms with E-state index in [-0.39, 0.29) is 23.0 Å². The highest BCUT2D eigenvalue weighted by Crippen LogP contribution is 2.47.